The van der Waals surface area contributed by atoms with Gasteiger partial charge in [-0.1, -0.05) is 47.7 Å². The van der Waals surface area contributed by atoms with Crippen LogP contribution in [-0.4, -0.2) is 23.0 Å². The van der Waals surface area contributed by atoms with Gasteiger partial charge in [-0.2, -0.15) is 0 Å². The number of rotatable bonds is 7. The highest BCUT2D eigenvalue weighted by molar-refractivity contribution is 9.10. The van der Waals surface area contributed by atoms with Crippen molar-refractivity contribution in [1.82, 2.24) is 15.6 Å². The summed E-state index contributed by atoms with van der Waals surface area (Å²) >= 11 is 4.53. The third-order valence-corrected chi connectivity index (χ3v) is 6.33. The SMILES string of the molecule is Cc1ccc(C(=O)NC2CC2)cc1Nc1nc(Br)c(OC(=O)NCc2ccccc2)s1. The molecule has 2 aromatic carbocycles. The Kier molecular flexibility index (Phi) is 6.53. The van der Waals surface area contributed by atoms with Gasteiger partial charge in [0, 0.05) is 23.8 Å². The molecule has 0 unspecified atom stereocenters. The maximum Gasteiger partial charge on any atom is 0.413 e. The molecule has 0 spiro atoms. The van der Waals surface area contributed by atoms with Crippen LogP contribution in [0.5, 0.6) is 5.06 Å². The van der Waals surface area contributed by atoms with Crippen LogP contribution in [0.3, 0.4) is 0 Å². The molecule has 0 aliphatic heterocycles. The van der Waals surface area contributed by atoms with E-state index in [0.717, 1.165) is 29.7 Å². The standard InChI is InChI=1S/C22H21BrN4O3S/c1-13-7-8-15(19(28)25-16-9-10-16)11-17(13)26-21-27-18(23)20(31-21)30-22(29)24-12-14-5-3-2-4-6-14/h2-8,11,16H,9-10,12H2,1H3,(H,24,29)(H,25,28)(H,26,27). The maximum absolute atomic E-state index is 12.3. The van der Waals surface area contributed by atoms with Crippen molar-refractivity contribution < 1.29 is 14.3 Å². The number of nitrogens with zero attached hydrogens (tertiary/aromatic N) is 1. The molecule has 4 rings (SSSR count). The largest absolute Gasteiger partial charge is 0.413 e. The van der Waals surface area contributed by atoms with E-state index in [1.165, 1.54) is 11.3 Å². The fourth-order valence-corrected chi connectivity index (χ4v) is 4.14. The fraction of sp³-hybridized carbons (Fsp3) is 0.227. The Morgan fingerprint density at radius 1 is 1.19 bits per heavy atom. The van der Waals surface area contributed by atoms with Gasteiger partial charge in [-0.25, -0.2) is 9.78 Å². The maximum atomic E-state index is 12.3. The van der Waals surface area contributed by atoms with Crippen LogP contribution < -0.4 is 20.7 Å². The van der Waals surface area contributed by atoms with Crippen molar-refractivity contribution in [2.75, 3.05) is 5.32 Å². The third kappa shape index (κ3) is 5.83. The van der Waals surface area contributed by atoms with Crippen LogP contribution in [0.25, 0.3) is 0 Å². The number of ether oxygens (including phenoxy) is 1. The summed E-state index contributed by atoms with van der Waals surface area (Å²) in [5, 5.41) is 9.80. The third-order valence-electron chi connectivity index (χ3n) is 4.68. The first-order chi connectivity index (χ1) is 15.0. The van der Waals surface area contributed by atoms with Crippen molar-refractivity contribution in [1.29, 1.82) is 0 Å². The summed E-state index contributed by atoms with van der Waals surface area (Å²) in [6.07, 6.45) is 1.52. The summed E-state index contributed by atoms with van der Waals surface area (Å²) in [7, 11) is 0. The molecule has 7 nitrogen and oxygen atoms in total. The van der Waals surface area contributed by atoms with Crippen molar-refractivity contribution in [3.05, 3.63) is 69.8 Å². The molecule has 1 aromatic heterocycles. The predicted molar refractivity (Wildman–Crippen MR) is 124 cm³/mol. The van der Waals surface area contributed by atoms with Crippen molar-refractivity contribution in [3.8, 4) is 5.06 Å². The van der Waals surface area contributed by atoms with Gasteiger partial charge < -0.3 is 20.7 Å². The highest BCUT2D eigenvalue weighted by atomic mass is 79.9. The number of nitrogens with one attached hydrogen (secondary N) is 3. The zero-order valence-corrected chi connectivity index (χ0v) is 19.2. The van der Waals surface area contributed by atoms with Crippen molar-refractivity contribution in [2.24, 2.45) is 0 Å². The first-order valence-corrected chi connectivity index (χ1v) is 11.4. The van der Waals surface area contributed by atoms with Gasteiger partial charge >= 0.3 is 6.09 Å². The lowest BCUT2D eigenvalue weighted by atomic mass is 10.1. The zero-order valence-electron chi connectivity index (χ0n) is 16.8. The topological polar surface area (TPSA) is 92.3 Å². The second-order valence-electron chi connectivity index (χ2n) is 7.23. The number of aromatic nitrogens is 1. The molecule has 0 saturated heterocycles. The lowest BCUT2D eigenvalue weighted by molar-refractivity contribution is 0.0951. The molecule has 0 bridgehead atoms. The average molecular weight is 501 g/mol. The van der Waals surface area contributed by atoms with E-state index in [2.05, 4.69) is 36.9 Å². The number of carbonyl (C=O) groups is 2. The minimum Gasteiger partial charge on any atom is -0.396 e. The molecule has 1 saturated carbocycles. The number of hydrogen-bond donors (Lipinski definition) is 3. The van der Waals surface area contributed by atoms with Gasteiger partial charge in [0.15, 0.2) is 9.73 Å². The average Bonchev–Trinajstić information content (AvgIpc) is 3.51. The van der Waals surface area contributed by atoms with E-state index >= 15 is 0 Å². The minimum atomic E-state index is -0.560. The normalized spacial score (nSPS) is 12.8. The lowest BCUT2D eigenvalue weighted by Crippen LogP contribution is -2.26. The van der Waals surface area contributed by atoms with Crippen LogP contribution in [-0.2, 0) is 6.54 Å². The number of thiazole rings is 1. The lowest BCUT2D eigenvalue weighted by Gasteiger charge is -2.10. The van der Waals surface area contributed by atoms with Crippen molar-refractivity contribution in [3.63, 3.8) is 0 Å². The van der Waals surface area contributed by atoms with Crippen LogP contribution >= 0.6 is 27.3 Å². The van der Waals surface area contributed by atoms with Gasteiger partial charge in [0.2, 0.25) is 5.06 Å². The molecule has 0 radical (unpaired) electrons. The number of hydrogen-bond acceptors (Lipinski definition) is 6. The van der Waals surface area contributed by atoms with Gasteiger partial charge in [-0.05, 0) is 59.0 Å². The molecule has 1 aliphatic rings. The van der Waals surface area contributed by atoms with Gasteiger partial charge in [-0.15, -0.1) is 0 Å². The Balaban J connectivity index is 1.39. The van der Waals surface area contributed by atoms with E-state index in [0.29, 0.717) is 32.9 Å². The zero-order chi connectivity index (χ0) is 21.8. The number of carbonyl (C=O) groups excluding carboxylic acids is 2. The number of amides is 2. The molecule has 9 heteroatoms. The molecule has 2 amide bonds. The number of anilines is 2. The van der Waals surface area contributed by atoms with E-state index in [9.17, 15) is 9.59 Å². The summed E-state index contributed by atoms with van der Waals surface area (Å²) in [4.78, 5) is 28.8. The number of benzene rings is 2. The quantitative estimate of drug-likeness (QED) is 0.417. The Morgan fingerprint density at radius 2 is 1.97 bits per heavy atom. The Hall–Kier alpha value is -2.91. The van der Waals surface area contributed by atoms with E-state index < -0.39 is 6.09 Å². The smallest absolute Gasteiger partial charge is 0.396 e. The highest BCUT2D eigenvalue weighted by Crippen LogP contribution is 2.37. The second kappa shape index (κ2) is 9.49. The molecule has 160 valence electrons. The van der Waals surface area contributed by atoms with E-state index in [1.807, 2.05) is 49.4 Å². The summed E-state index contributed by atoms with van der Waals surface area (Å²) in [5.41, 5.74) is 3.31. The Labute approximate surface area is 192 Å². The summed E-state index contributed by atoms with van der Waals surface area (Å²) in [6.45, 7) is 2.32. The van der Waals surface area contributed by atoms with Crippen LogP contribution in [0.4, 0.5) is 15.6 Å². The first-order valence-electron chi connectivity index (χ1n) is 9.82. The fourth-order valence-electron chi connectivity index (χ4n) is 2.80. The molecule has 3 N–H and O–H groups in total. The highest BCUT2D eigenvalue weighted by Gasteiger charge is 2.24. The van der Waals surface area contributed by atoms with Gasteiger partial charge in [0.1, 0.15) is 0 Å². The van der Waals surface area contributed by atoms with E-state index in [4.69, 9.17) is 4.74 Å². The Bertz CT molecular complexity index is 1100. The molecule has 1 aliphatic carbocycles. The summed E-state index contributed by atoms with van der Waals surface area (Å²) in [5.74, 6) is -0.0787. The van der Waals surface area contributed by atoms with Crippen LogP contribution in [0.15, 0.2) is 53.1 Å². The second-order valence-corrected chi connectivity index (χ2v) is 8.94. The molecule has 0 atom stereocenters. The first kappa shape index (κ1) is 21.3. The molecule has 1 heterocycles. The Morgan fingerprint density at radius 3 is 2.71 bits per heavy atom. The van der Waals surface area contributed by atoms with Crippen LogP contribution in [0.2, 0.25) is 0 Å². The monoisotopic (exact) mass is 500 g/mol. The van der Waals surface area contributed by atoms with Crippen LogP contribution in [0.1, 0.15) is 34.3 Å². The van der Waals surface area contributed by atoms with Gasteiger partial charge in [-0.3, -0.25) is 4.79 Å². The number of halogens is 1. The minimum absolute atomic E-state index is 0.0787. The molecular formula is C22H21BrN4O3S. The molecule has 1 fully saturated rings. The predicted octanol–water partition coefficient (Wildman–Crippen LogP) is 5.14. The van der Waals surface area contributed by atoms with Crippen LogP contribution in [0, 0.1) is 6.92 Å². The van der Waals surface area contributed by atoms with Crippen molar-refractivity contribution >= 4 is 50.1 Å². The van der Waals surface area contributed by atoms with Crippen molar-refractivity contribution in [2.45, 2.75) is 32.4 Å². The van der Waals surface area contributed by atoms with Gasteiger partial charge in [0.05, 0.1) is 0 Å². The van der Waals surface area contributed by atoms with E-state index in [-0.39, 0.29) is 5.91 Å². The molecule has 3 aromatic rings. The molecular weight excluding hydrogens is 480 g/mol. The van der Waals surface area contributed by atoms with E-state index in [1.54, 1.807) is 6.07 Å². The molecule has 31 heavy (non-hydrogen) atoms. The van der Waals surface area contributed by atoms with Gasteiger partial charge in [0.25, 0.3) is 5.91 Å². The summed E-state index contributed by atoms with van der Waals surface area (Å²) < 4.78 is 5.81. The summed E-state index contributed by atoms with van der Waals surface area (Å²) in [6, 6.07) is 15.4. The number of aryl methyl sites for hydroxylation is 1.